The molecule has 0 radical (unpaired) electrons. The van der Waals surface area contributed by atoms with Crippen LogP contribution in [0.15, 0.2) is 53.8 Å². The topological polar surface area (TPSA) is 125 Å². The lowest BCUT2D eigenvalue weighted by Crippen LogP contribution is -2.46. The van der Waals surface area contributed by atoms with Crippen LogP contribution in [-0.4, -0.2) is 45.4 Å². The van der Waals surface area contributed by atoms with Crippen molar-refractivity contribution < 1.29 is 14.0 Å². The molecular weight excluding hydrogens is 420 g/mol. The second-order valence-corrected chi connectivity index (χ2v) is 8.49. The third kappa shape index (κ3) is 6.52. The zero-order chi connectivity index (χ0) is 23.0. The molecular formula is C24H30N6O3. The Morgan fingerprint density at radius 2 is 2.03 bits per heavy atom. The lowest BCUT2D eigenvalue weighted by Gasteiger charge is -2.18. The lowest BCUT2D eigenvalue weighted by atomic mass is 10.1. The molecule has 1 fully saturated rings. The monoisotopic (exact) mass is 450 g/mol. The van der Waals surface area contributed by atoms with Gasteiger partial charge in [0.25, 0.3) is 5.91 Å². The van der Waals surface area contributed by atoms with E-state index in [2.05, 4.69) is 62.1 Å². The third-order valence-electron chi connectivity index (χ3n) is 5.91. The summed E-state index contributed by atoms with van der Waals surface area (Å²) in [6.45, 7) is 3.21. The summed E-state index contributed by atoms with van der Waals surface area (Å²) < 4.78 is 5.16. The summed E-state index contributed by atoms with van der Waals surface area (Å²) in [7, 11) is 0. The molecule has 1 aliphatic carbocycles. The summed E-state index contributed by atoms with van der Waals surface area (Å²) >= 11 is 0. The van der Waals surface area contributed by atoms with Crippen LogP contribution in [0.1, 0.15) is 59.0 Å². The average Bonchev–Trinajstić information content (AvgIpc) is 3.21. The second kappa shape index (κ2) is 10.9. The van der Waals surface area contributed by atoms with Crippen molar-refractivity contribution >= 4 is 11.8 Å². The van der Waals surface area contributed by atoms with Gasteiger partial charge in [-0.1, -0.05) is 29.8 Å². The molecule has 9 nitrogen and oxygen atoms in total. The van der Waals surface area contributed by atoms with E-state index in [1.807, 2.05) is 0 Å². The summed E-state index contributed by atoms with van der Waals surface area (Å²) in [5, 5.41) is 9.22. The number of H-pyrrole nitrogens is 1. The van der Waals surface area contributed by atoms with Crippen molar-refractivity contribution in [3.05, 3.63) is 72.0 Å². The molecule has 1 saturated carbocycles. The van der Waals surface area contributed by atoms with E-state index in [1.54, 1.807) is 6.20 Å². The van der Waals surface area contributed by atoms with Crippen LogP contribution in [0.25, 0.3) is 0 Å². The SMILES string of the molecule is Cc1ccc(C2CC2NCCCCC(NC(=O)c2cnc[nH]2)C(=O)NCc2cnco2)cc1. The largest absolute Gasteiger partial charge is 0.447 e. The van der Waals surface area contributed by atoms with Gasteiger partial charge in [-0.2, -0.15) is 0 Å². The first-order valence-corrected chi connectivity index (χ1v) is 11.3. The van der Waals surface area contributed by atoms with Crippen molar-refractivity contribution in [2.24, 2.45) is 0 Å². The number of aromatic nitrogens is 3. The fourth-order valence-electron chi connectivity index (χ4n) is 3.88. The highest BCUT2D eigenvalue weighted by Gasteiger charge is 2.37. The van der Waals surface area contributed by atoms with Gasteiger partial charge in [0, 0.05) is 12.0 Å². The first kappa shape index (κ1) is 22.7. The quantitative estimate of drug-likeness (QED) is 0.314. The molecule has 33 heavy (non-hydrogen) atoms. The third-order valence-corrected chi connectivity index (χ3v) is 5.91. The molecule has 0 saturated heterocycles. The Bertz CT molecular complexity index is 1020. The number of hydrogen-bond donors (Lipinski definition) is 4. The molecule has 1 aliphatic rings. The first-order valence-electron chi connectivity index (χ1n) is 11.3. The van der Waals surface area contributed by atoms with Gasteiger partial charge in [-0.25, -0.2) is 9.97 Å². The molecule has 4 rings (SSSR count). The van der Waals surface area contributed by atoms with Crippen LogP contribution in [0.3, 0.4) is 0 Å². The normalized spacial score (nSPS) is 18.0. The van der Waals surface area contributed by atoms with E-state index in [-0.39, 0.29) is 18.4 Å². The minimum atomic E-state index is -0.648. The maximum atomic E-state index is 12.7. The Morgan fingerprint density at radius 1 is 1.18 bits per heavy atom. The minimum absolute atomic E-state index is 0.221. The molecule has 2 amide bonds. The van der Waals surface area contributed by atoms with E-state index >= 15 is 0 Å². The number of nitrogens with one attached hydrogen (secondary N) is 4. The molecule has 2 heterocycles. The number of benzene rings is 1. The molecule has 4 N–H and O–H groups in total. The maximum Gasteiger partial charge on any atom is 0.269 e. The predicted octanol–water partition coefficient (Wildman–Crippen LogP) is 2.44. The van der Waals surface area contributed by atoms with Crippen molar-refractivity contribution in [3.63, 3.8) is 0 Å². The molecule has 0 bridgehead atoms. The van der Waals surface area contributed by atoms with E-state index in [4.69, 9.17) is 4.42 Å². The number of amides is 2. The smallest absolute Gasteiger partial charge is 0.269 e. The van der Waals surface area contributed by atoms with E-state index in [9.17, 15) is 9.59 Å². The number of hydrogen-bond acceptors (Lipinski definition) is 6. The summed E-state index contributed by atoms with van der Waals surface area (Å²) in [6.07, 6.45) is 9.15. The number of unbranched alkanes of at least 4 members (excludes halogenated alkanes) is 1. The number of aryl methyl sites for hydroxylation is 1. The second-order valence-electron chi connectivity index (χ2n) is 8.49. The fourth-order valence-corrected chi connectivity index (χ4v) is 3.88. The highest BCUT2D eigenvalue weighted by molar-refractivity contribution is 5.95. The van der Waals surface area contributed by atoms with E-state index < -0.39 is 6.04 Å². The van der Waals surface area contributed by atoms with Gasteiger partial charge in [0.2, 0.25) is 5.91 Å². The van der Waals surface area contributed by atoms with Crippen LogP contribution < -0.4 is 16.0 Å². The number of rotatable bonds is 12. The highest BCUT2D eigenvalue weighted by atomic mass is 16.3. The van der Waals surface area contributed by atoms with Crippen LogP contribution in [0.4, 0.5) is 0 Å². The molecule has 3 atom stereocenters. The van der Waals surface area contributed by atoms with Gasteiger partial charge in [0.1, 0.15) is 17.5 Å². The summed E-state index contributed by atoms with van der Waals surface area (Å²) in [4.78, 5) is 35.6. The molecule has 0 aliphatic heterocycles. The molecule has 9 heteroatoms. The van der Waals surface area contributed by atoms with Gasteiger partial charge >= 0.3 is 0 Å². The van der Waals surface area contributed by atoms with Crippen molar-refractivity contribution in [1.29, 1.82) is 0 Å². The minimum Gasteiger partial charge on any atom is -0.447 e. The Labute approximate surface area is 192 Å². The van der Waals surface area contributed by atoms with Crippen molar-refractivity contribution in [2.75, 3.05) is 6.54 Å². The van der Waals surface area contributed by atoms with Crippen LogP contribution in [0, 0.1) is 6.92 Å². The number of imidazole rings is 1. The van der Waals surface area contributed by atoms with Crippen LogP contribution in [0.2, 0.25) is 0 Å². The standard InChI is InChI=1S/C24H30N6O3/c1-16-5-7-17(8-6-16)19-10-21(19)27-9-3-2-4-20(30-24(32)22-13-25-14-29-22)23(31)28-12-18-11-26-15-33-18/h5-8,11,13-15,19-21,27H,2-4,9-10,12H2,1H3,(H,25,29)(H,28,31)(H,30,32). The molecule has 1 aromatic carbocycles. The van der Waals surface area contributed by atoms with E-state index in [0.29, 0.717) is 29.8 Å². The van der Waals surface area contributed by atoms with Crippen LogP contribution in [0.5, 0.6) is 0 Å². The van der Waals surface area contributed by atoms with Crippen LogP contribution >= 0.6 is 0 Å². The fraction of sp³-hybridized carbons (Fsp3) is 0.417. The summed E-state index contributed by atoms with van der Waals surface area (Å²) in [5.74, 6) is 0.533. The number of carbonyl (C=O) groups excluding carboxylic acids is 2. The average molecular weight is 451 g/mol. The Hall–Kier alpha value is -3.46. The molecule has 0 spiro atoms. The van der Waals surface area contributed by atoms with Gasteiger partial charge < -0.3 is 25.4 Å². The van der Waals surface area contributed by atoms with Gasteiger partial charge in [-0.05, 0) is 44.7 Å². The maximum absolute atomic E-state index is 12.7. The highest BCUT2D eigenvalue weighted by Crippen LogP contribution is 2.40. The Balaban J connectivity index is 1.21. The molecule has 2 aromatic heterocycles. The van der Waals surface area contributed by atoms with Gasteiger partial charge in [-0.3, -0.25) is 9.59 Å². The zero-order valence-electron chi connectivity index (χ0n) is 18.7. The molecule has 3 aromatic rings. The number of carbonyl (C=O) groups is 2. The zero-order valence-corrected chi connectivity index (χ0v) is 18.7. The van der Waals surface area contributed by atoms with Gasteiger partial charge in [0.15, 0.2) is 6.39 Å². The number of nitrogens with zero attached hydrogens (tertiary/aromatic N) is 2. The lowest BCUT2D eigenvalue weighted by molar-refractivity contribution is -0.123. The Kier molecular flexibility index (Phi) is 7.51. The number of aromatic amines is 1. The predicted molar refractivity (Wildman–Crippen MR) is 122 cm³/mol. The Morgan fingerprint density at radius 3 is 2.76 bits per heavy atom. The van der Waals surface area contributed by atoms with Gasteiger partial charge in [-0.15, -0.1) is 0 Å². The van der Waals surface area contributed by atoms with E-state index in [1.165, 1.54) is 30.0 Å². The summed E-state index contributed by atoms with van der Waals surface area (Å²) in [6, 6.07) is 8.63. The van der Waals surface area contributed by atoms with Crippen LogP contribution in [-0.2, 0) is 11.3 Å². The van der Waals surface area contributed by atoms with E-state index in [0.717, 1.165) is 25.8 Å². The van der Waals surface area contributed by atoms with Crippen molar-refractivity contribution in [2.45, 2.75) is 57.2 Å². The van der Waals surface area contributed by atoms with Crippen molar-refractivity contribution in [1.82, 2.24) is 30.9 Å². The summed E-state index contributed by atoms with van der Waals surface area (Å²) in [5.41, 5.74) is 2.99. The molecule has 174 valence electrons. The number of oxazole rings is 1. The first-order chi connectivity index (χ1) is 16.1. The van der Waals surface area contributed by atoms with Gasteiger partial charge in [0.05, 0.1) is 25.3 Å². The van der Waals surface area contributed by atoms with Crippen molar-refractivity contribution in [3.8, 4) is 0 Å². The molecule has 3 unspecified atom stereocenters.